The van der Waals surface area contributed by atoms with Crippen molar-refractivity contribution >= 4 is 19.7 Å². The molecule has 9 nitrogen and oxygen atoms in total. The second kappa shape index (κ2) is 64.4. The van der Waals surface area contributed by atoms with Crippen molar-refractivity contribution in [2.45, 2.75) is 354 Å². The van der Waals surface area contributed by atoms with Gasteiger partial charge in [0, 0.05) is 12.8 Å². The van der Waals surface area contributed by atoms with Crippen molar-refractivity contribution in [1.82, 2.24) is 5.32 Å². The molecule has 85 heavy (non-hydrogen) atoms. The molecule has 0 heterocycles. The Labute approximate surface area is 527 Å². The fourth-order valence-electron chi connectivity index (χ4n) is 10.5. The van der Waals surface area contributed by atoms with Crippen LogP contribution in [0.25, 0.3) is 0 Å². The van der Waals surface area contributed by atoms with Gasteiger partial charge in [-0.15, -0.1) is 0 Å². The predicted octanol–water partition coefficient (Wildman–Crippen LogP) is 23.1. The smallest absolute Gasteiger partial charge is 0.456 e. The molecule has 1 amide bonds. The molecule has 0 aromatic rings. The Balaban J connectivity index is 4.99. The lowest BCUT2D eigenvalue weighted by Gasteiger charge is -2.27. The number of allylic oxidation sites excluding steroid dienone is 11. The van der Waals surface area contributed by atoms with Crippen LogP contribution in [-0.4, -0.2) is 74.3 Å². The van der Waals surface area contributed by atoms with E-state index in [0.717, 1.165) is 77.0 Å². The van der Waals surface area contributed by atoms with Gasteiger partial charge in [-0.1, -0.05) is 299 Å². The largest absolute Gasteiger partial charge is 0.472 e. The molecular weight excluding hydrogens is 1070 g/mol. The molecule has 0 bridgehead atoms. The maximum absolute atomic E-state index is 13.6. The van der Waals surface area contributed by atoms with Crippen LogP contribution in [0.1, 0.15) is 342 Å². The Bertz CT molecular complexity index is 1680. The number of rotatable bonds is 66. The van der Waals surface area contributed by atoms with Gasteiger partial charge in [0.1, 0.15) is 19.3 Å². The topological polar surface area (TPSA) is 111 Å². The fourth-order valence-corrected chi connectivity index (χ4v) is 11.2. The van der Waals surface area contributed by atoms with Gasteiger partial charge in [0.15, 0.2) is 0 Å². The van der Waals surface area contributed by atoms with Gasteiger partial charge < -0.3 is 19.4 Å². The summed E-state index contributed by atoms with van der Waals surface area (Å²) in [5.74, 6) is -0.499. The van der Waals surface area contributed by atoms with E-state index in [-0.39, 0.29) is 31.5 Å². The molecule has 0 aromatic carbocycles. The molecule has 0 saturated carbocycles. The summed E-state index contributed by atoms with van der Waals surface area (Å²) < 4.78 is 30.8. The Hall–Kier alpha value is -2.55. The molecule has 0 aliphatic rings. The van der Waals surface area contributed by atoms with E-state index in [9.17, 15) is 19.0 Å². The molecule has 0 aliphatic heterocycles. The Morgan fingerprint density at radius 3 is 1.09 bits per heavy atom. The lowest BCUT2D eigenvalue weighted by atomic mass is 10.0. The number of hydrogen-bond donors (Lipinski definition) is 2. The summed E-state index contributed by atoms with van der Waals surface area (Å²) in [6, 6.07) is -0.852. The van der Waals surface area contributed by atoms with Gasteiger partial charge in [-0.3, -0.25) is 18.6 Å². The summed E-state index contributed by atoms with van der Waals surface area (Å²) >= 11 is 0. The van der Waals surface area contributed by atoms with Crippen molar-refractivity contribution in [2.24, 2.45) is 0 Å². The lowest BCUT2D eigenvalue weighted by molar-refractivity contribution is -0.870. The van der Waals surface area contributed by atoms with E-state index in [4.69, 9.17) is 13.8 Å². The zero-order valence-corrected chi connectivity index (χ0v) is 57.7. The SMILES string of the molecule is CCCCC/C=C\C/C=C\C/C=C\CCCCCCCCCCCCC(=O)OC(/C=C/CCCCCCCCCCC)C(COP(=O)(O)OCC[N+](C)(C)C)NC(=O)CCCCCCCCCCCCCCCCC/C=C\C/C=C\CCCCC. The molecule has 496 valence electrons. The standard InChI is InChI=1S/C75H139N2O7P/c1-7-10-13-16-19-22-25-27-29-31-33-35-37-38-40-41-43-45-47-49-52-55-58-61-64-67-74(78)76-72(71-83-85(80,81)82-70-69-77(4,5)6)73(66-63-60-57-54-51-24-21-18-15-12-9-3)84-75(79)68-65-62-59-56-53-50-48-46-44-42-39-36-34-32-30-28-26-23-20-17-14-11-8-2/h19-20,22-23,27-30,34,36,63,66,72-73H,7-18,21,24-26,31-33,35,37-62,64-65,67-71H2,1-6H3,(H-,76,78,80,81)/p+1/b22-19-,23-20-,29-27-,30-28-,36-34-,66-63+. The summed E-state index contributed by atoms with van der Waals surface area (Å²) in [6.45, 7) is 6.99. The van der Waals surface area contributed by atoms with Gasteiger partial charge in [-0.2, -0.15) is 0 Å². The number of phosphoric ester groups is 1. The van der Waals surface area contributed by atoms with Crippen LogP contribution in [0.3, 0.4) is 0 Å². The van der Waals surface area contributed by atoms with Crippen LogP contribution in [-0.2, 0) is 27.9 Å². The van der Waals surface area contributed by atoms with E-state index < -0.39 is 20.0 Å². The quantitative estimate of drug-likeness (QED) is 0.0205. The first-order valence-electron chi connectivity index (χ1n) is 36.3. The van der Waals surface area contributed by atoms with Crippen LogP contribution < -0.4 is 5.32 Å². The number of carbonyl (C=O) groups is 2. The molecule has 3 unspecified atom stereocenters. The number of unbranched alkanes of at least 4 members (excludes halogenated alkanes) is 40. The predicted molar refractivity (Wildman–Crippen MR) is 369 cm³/mol. The number of ether oxygens (including phenoxy) is 1. The highest BCUT2D eigenvalue weighted by atomic mass is 31.2. The molecule has 10 heteroatoms. The summed E-state index contributed by atoms with van der Waals surface area (Å²) in [6.07, 6.45) is 84.9. The van der Waals surface area contributed by atoms with Gasteiger partial charge in [-0.25, -0.2) is 4.57 Å². The van der Waals surface area contributed by atoms with Crippen LogP contribution in [0, 0.1) is 0 Å². The van der Waals surface area contributed by atoms with Crippen molar-refractivity contribution in [3.63, 3.8) is 0 Å². The summed E-state index contributed by atoms with van der Waals surface area (Å²) in [5, 5.41) is 3.07. The normalized spacial score (nSPS) is 13.9. The Morgan fingerprint density at radius 1 is 0.412 bits per heavy atom. The van der Waals surface area contributed by atoms with Crippen LogP contribution in [0.5, 0.6) is 0 Å². The van der Waals surface area contributed by atoms with E-state index in [1.165, 1.54) is 231 Å². The molecule has 0 fully saturated rings. The van der Waals surface area contributed by atoms with E-state index in [1.54, 1.807) is 0 Å². The summed E-state index contributed by atoms with van der Waals surface area (Å²) in [5.41, 5.74) is 0. The highest BCUT2D eigenvalue weighted by Gasteiger charge is 2.30. The van der Waals surface area contributed by atoms with Crippen molar-refractivity contribution in [1.29, 1.82) is 0 Å². The van der Waals surface area contributed by atoms with Crippen molar-refractivity contribution in [3.8, 4) is 0 Å². The minimum Gasteiger partial charge on any atom is -0.456 e. The number of hydrogen-bond acceptors (Lipinski definition) is 6. The number of quaternary nitrogens is 1. The Kier molecular flexibility index (Phi) is 62.5. The second-order valence-corrected chi connectivity index (χ2v) is 27.2. The van der Waals surface area contributed by atoms with E-state index in [2.05, 4.69) is 86.8 Å². The van der Waals surface area contributed by atoms with Gasteiger partial charge in [-0.05, 0) is 102 Å². The van der Waals surface area contributed by atoms with Crippen LogP contribution >= 0.6 is 7.82 Å². The highest BCUT2D eigenvalue weighted by molar-refractivity contribution is 7.47. The second-order valence-electron chi connectivity index (χ2n) is 25.8. The van der Waals surface area contributed by atoms with E-state index in [1.807, 2.05) is 33.3 Å². The van der Waals surface area contributed by atoms with Crippen LogP contribution in [0.2, 0.25) is 0 Å². The number of esters is 1. The summed E-state index contributed by atoms with van der Waals surface area (Å²) in [7, 11) is 1.50. The third-order valence-electron chi connectivity index (χ3n) is 16.1. The first kappa shape index (κ1) is 82.5. The highest BCUT2D eigenvalue weighted by Crippen LogP contribution is 2.43. The van der Waals surface area contributed by atoms with Gasteiger partial charge in [0.05, 0.1) is 33.8 Å². The fraction of sp³-hybridized carbons (Fsp3) is 0.813. The molecular formula is C75H140N2O7P+. The van der Waals surface area contributed by atoms with Crippen LogP contribution in [0.15, 0.2) is 72.9 Å². The maximum Gasteiger partial charge on any atom is 0.472 e. The van der Waals surface area contributed by atoms with Gasteiger partial charge in [0.25, 0.3) is 0 Å². The molecule has 2 N–H and O–H groups in total. The number of amides is 1. The van der Waals surface area contributed by atoms with Crippen molar-refractivity contribution < 1.29 is 37.3 Å². The molecule has 3 atom stereocenters. The summed E-state index contributed by atoms with van der Waals surface area (Å²) in [4.78, 5) is 37.9. The maximum atomic E-state index is 13.6. The number of phosphoric acid groups is 1. The monoisotopic (exact) mass is 1210 g/mol. The lowest BCUT2D eigenvalue weighted by Crippen LogP contribution is -2.47. The van der Waals surface area contributed by atoms with E-state index in [0.29, 0.717) is 17.4 Å². The molecule has 0 aliphatic carbocycles. The number of likely N-dealkylation sites (N-methyl/N-ethyl adjacent to an activating group) is 1. The van der Waals surface area contributed by atoms with Crippen LogP contribution in [0.4, 0.5) is 0 Å². The zero-order valence-electron chi connectivity index (χ0n) is 56.9. The Morgan fingerprint density at radius 2 is 0.718 bits per heavy atom. The van der Waals surface area contributed by atoms with E-state index >= 15 is 0 Å². The number of nitrogens with zero attached hydrogens (tertiary/aromatic N) is 1. The average Bonchev–Trinajstić information content (AvgIpc) is 3.62. The van der Waals surface area contributed by atoms with Gasteiger partial charge >= 0.3 is 13.8 Å². The molecule has 0 radical (unpaired) electrons. The molecule has 0 spiro atoms. The third-order valence-corrected chi connectivity index (χ3v) is 17.1. The van der Waals surface area contributed by atoms with Crippen molar-refractivity contribution in [2.75, 3.05) is 40.9 Å². The first-order valence-corrected chi connectivity index (χ1v) is 37.8. The first-order chi connectivity index (χ1) is 41.4. The van der Waals surface area contributed by atoms with Gasteiger partial charge in [0.2, 0.25) is 5.91 Å². The third kappa shape index (κ3) is 65.7. The average molecular weight is 1210 g/mol. The number of nitrogens with one attached hydrogen (secondary N) is 1. The molecule has 0 rings (SSSR count). The number of carbonyl (C=O) groups excluding carboxylic acids is 2. The molecule has 0 saturated heterocycles. The zero-order chi connectivity index (χ0) is 62.1. The molecule has 0 aromatic heterocycles. The minimum atomic E-state index is -4.46. The van der Waals surface area contributed by atoms with Crippen molar-refractivity contribution in [3.05, 3.63) is 72.9 Å². The minimum absolute atomic E-state index is 0.0388.